The maximum absolute atomic E-state index is 6.54. The Bertz CT molecular complexity index is 487. The molecule has 0 aliphatic carbocycles. The van der Waals surface area contributed by atoms with Gasteiger partial charge in [-0.1, -0.05) is 19.1 Å². The molecule has 17 heavy (non-hydrogen) atoms. The number of alkyl halides is 1. The van der Waals surface area contributed by atoms with Gasteiger partial charge >= 0.3 is 0 Å². The van der Waals surface area contributed by atoms with E-state index in [0.717, 1.165) is 0 Å². The molecule has 0 radical (unpaired) electrons. The summed E-state index contributed by atoms with van der Waals surface area (Å²) in [6, 6.07) is 12.4. The predicted octanol–water partition coefficient (Wildman–Crippen LogP) is 4.77. The highest BCUT2D eigenvalue weighted by Gasteiger charge is 2.18. The second kappa shape index (κ2) is 5.83. The first-order valence-corrected chi connectivity index (χ1v) is 6.99. The van der Waals surface area contributed by atoms with Crippen LogP contribution >= 0.6 is 34.2 Å². The van der Waals surface area contributed by atoms with Crippen molar-refractivity contribution in [2.45, 2.75) is 18.2 Å². The highest BCUT2D eigenvalue weighted by atomic mass is 127. The van der Waals surface area contributed by atoms with Crippen molar-refractivity contribution in [2.75, 3.05) is 0 Å². The molecule has 2 unspecified atom stereocenters. The van der Waals surface area contributed by atoms with Crippen LogP contribution in [0.25, 0.3) is 0 Å². The third-order valence-electron chi connectivity index (χ3n) is 2.84. The van der Waals surface area contributed by atoms with E-state index in [-0.39, 0.29) is 11.3 Å². The van der Waals surface area contributed by atoms with Crippen LogP contribution < -0.4 is 0 Å². The van der Waals surface area contributed by atoms with Crippen molar-refractivity contribution < 1.29 is 0 Å². The Balaban J connectivity index is 2.23. The third kappa shape index (κ3) is 3.19. The lowest BCUT2D eigenvalue weighted by molar-refractivity contribution is 0.730. The summed E-state index contributed by atoms with van der Waals surface area (Å²) in [7, 11) is 0. The highest BCUT2D eigenvalue weighted by Crippen LogP contribution is 2.36. The van der Waals surface area contributed by atoms with Crippen LogP contribution in [0.3, 0.4) is 0 Å². The number of benzene rings is 1. The van der Waals surface area contributed by atoms with E-state index < -0.39 is 0 Å². The summed E-state index contributed by atoms with van der Waals surface area (Å²) in [5.74, 6) is 0.276. The van der Waals surface area contributed by atoms with Gasteiger partial charge in [0.2, 0.25) is 0 Å². The van der Waals surface area contributed by atoms with Gasteiger partial charge in [-0.05, 0) is 58.0 Å². The molecule has 1 heterocycles. The molecule has 2 aromatic rings. The standard InChI is InChI=1S/C14H13ClIN/c1-10(11-5-7-17-8-6-11)14(15)12-3-2-4-13(16)9-12/h2-10,14H,1H3. The number of halogens is 2. The Kier molecular flexibility index (Phi) is 4.40. The van der Waals surface area contributed by atoms with Crippen LogP contribution in [0.2, 0.25) is 0 Å². The van der Waals surface area contributed by atoms with Gasteiger partial charge in [0.25, 0.3) is 0 Å². The van der Waals surface area contributed by atoms with E-state index in [0.29, 0.717) is 0 Å². The van der Waals surface area contributed by atoms with Crippen LogP contribution in [0.1, 0.15) is 29.3 Å². The summed E-state index contributed by atoms with van der Waals surface area (Å²) in [6.07, 6.45) is 3.62. The van der Waals surface area contributed by atoms with Crippen molar-refractivity contribution in [3.8, 4) is 0 Å². The fourth-order valence-electron chi connectivity index (χ4n) is 1.80. The molecule has 2 atom stereocenters. The lowest BCUT2D eigenvalue weighted by Crippen LogP contribution is -2.02. The van der Waals surface area contributed by atoms with E-state index in [2.05, 4.69) is 52.7 Å². The molecular weight excluding hydrogens is 345 g/mol. The first kappa shape index (κ1) is 12.8. The molecule has 1 nitrogen and oxygen atoms in total. The summed E-state index contributed by atoms with van der Waals surface area (Å²) >= 11 is 8.85. The maximum Gasteiger partial charge on any atom is 0.0651 e. The fourth-order valence-corrected chi connectivity index (χ4v) is 2.65. The third-order valence-corrected chi connectivity index (χ3v) is 4.14. The van der Waals surface area contributed by atoms with E-state index in [1.807, 2.05) is 30.6 Å². The van der Waals surface area contributed by atoms with E-state index in [9.17, 15) is 0 Å². The van der Waals surface area contributed by atoms with Crippen molar-refractivity contribution in [3.63, 3.8) is 0 Å². The van der Waals surface area contributed by atoms with Crippen molar-refractivity contribution >= 4 is 34.2 Å². The second-order valence-corrected chi connectivity index (χ2v) is 5.74. The van der Waals surface area contributed by atoms with Crippen molar-refractivity contribution in [1.82, 2.24) is 4.98 Å². The number of nitrogens with zero attached hydrogens (tertiary/aromatic N) is 1. The first-order valence-electron chi connectivity index (χ1n) is 5.48. The molecule has 0 bridgehead atoms. The van der Waals surface area contributed by atoms with Gasteiger partial charge < -0.3 is 0 Å². The van der Waals surface area contributed by atoms with E-state index in [4.69, 9.17) is 11.6 Å². The minimum absolute atomic E-state index is 0.00730. The van der Waals surface area contributed by atoms with Crippen LogP contribution in [0.5, 0.6) is 0 Å². The number of aromatic nitrogens is 1. The van der Waals surface area contributed by atoms with Crippen LogP contribution in [0, 0.1) is 3.57 Å². The zero-order valence-electron chi connectivity index (χ0n) is 9.48. The van der Waals surface area contributed by atoms with E-state index >= 15 is 0 Å². The Morgan fingerprint density at radius 2 is 1.82 bits per heavy atom. The molecule has 0 N–H and O–H groups in total. The van der Waals surface area contributed by atoms with Gasteiger partial charge in [0.05, 0.1) is 5.38 Å². The molecule has 2 rings (SSSR count). The summed E-state index contributed by atoms with van der Waals surface area (Å²) in [6.45, 7) is 2.15. The minimum Gasteiger partial charge on any atom is -0.265 e. The monoisotopic (exact) mass is 357 g/mol. The van der Waals surface area contributed by atoms with Gasteiger partial charge in [0.1, 0.15) is 0 Å². The van der Waals surface area contributed by atoms with Gasteiger partial charge in [-0.25, -0.2) is 0 Å². The SMILES string of the molecule is CC(c1ccncc1)C(Cl)c1cccc(I)c1. The average Bonchev–Trinajstić information content (AvgIpc) is 2.38. The Labute approximate surface area is 120 Å². The highest BCUT2D eigenvalue weighted by molar-refractivity contribution is 14.1. The first-order chi connectivity index (χ1) is 8.18. The Hall–Kier alpha value is -0.610. The van der Waals surface area contributed by atoms with Crippen LogP contribution in [-0.2, 0) is 0 Å². The lowest BCUT2D eigenvalue weighted by atomic mass is 9.94. The maximum atomic E-state index is 6.54. The molecule has 0 aliphatic rings. The molecule has 3 heteroatoms. The quantitative estimate of drug-likeness (QED) is 0.569. The van der Waals surface area contributed by atoms with Gasteiger partial charge in [-0.2, -0.15) is 0 Å². The normalized spacial score (nSPS) is 14.3. The van der Waals surface area contributed by atoms with Crippen molar-refractivity contribution in [2.24, 2.45) is 0 Å². The largest absolute Gasteiger partial charge is 0.265 e. The molecule has 0 fully saturated rings. The summed E-state index contributed by atoms with van der Waals surface area (Å²) in [5.41, 5.74) is 2.39. The topological polar surface area (TPSA) is 12.9 Å². The number of rotatable bonds is 3. The zero-order chi connectivity index (χ0) is 12.3. The van der Waals surface area contributed by atoms with Crippen LogP contribution in [0.4, 0.5) is 0 Å². The molecule has 0 saturated heterocycles. The molecule has 1 aromatic carbocycles. The van der Waals surface area contributed by atoms with Crippen molar-refractivity contribution in [1.29, 1.82) is 0 Å². The molecule has 0 amide bonds. The predicted molar refractivity (Wildman–Crippen MR) is 80.4 cm³/mol. The van der Waals surface area contributed by atoms with Gasteiger partial charge in [0, 0.05) is 21.9 Å². The van der Waals surface area contributed by atoms with E-state index in [1.54, 1.807) is 0 Å². The van der Waals surface area contributed by atoms with Gasteiger partial charge in [-0.15, -0.1) is 11.6 Å². The number of hydrogen-bond acceptors (Lipinski definition) is 1. The lowest BCUT2D eigenvalue weighted by Gasteiger charge is -2.18. The summed E-state index contributed by atoms with van der Waals surface area (Å²) in [4.78, 5) is 4.03. The van der Waals surface area contributed by atoms with Gasteiger partial charge in [-0.3, -0.25) is 4.98 Å². The molecule has 0 saturated carbocycles. The average molecular weight is 358 g/mol. The number of hydrogen-bond donors (Lipinski definition) is 0. The molecule has 1 aromatic heterocycles. The van der Waals surface area contributed by atoms with Crippen molar-refractivity contribution in [3.05, 3.63) is 63.5 Å². The minimum atomic E-state index is -0.00730. The molecule has 0 aliphatic heterocycles. The smallest absolute Gasteiger partial charge is 0.0651 e. The van der Waals surface area contributed by atoms with Gasteiger partial charge in [0.15, 0.2) is 0 Å². The fraction of sp³-hybridized carbons (Fsp3) is 0.214. The van der Waals surface area contributed by atoms with E-state index in [1.165, 1.54) is 14.7 Å². The molecule has 88 valence electrons. The number of pyridine rings is 1. The molecular formula is C14H13ClIN. The summed E-state index contributed by atoms with van der Waals surface area (Å²) < 4.78 is 1.22. The van der Waals surface area contributed by atoms with Crippen LogP contribution in [-0.4, -0.2) is 4.98 Å². The zero-order valence-corrected chi connectivity index (χ0v) is 12.4. The Morgan fingerprint density at radius 1 is 1.12 bits per heavy atom. The molecule has 0 spiro atoms. The Morgan fingerprint density at radius 3 is 2.47 bits per heavy atom. The van der Waals surface area contributed by atoms with Crippen LogP contribution in [0.15, 0.2) is 48.8 Å². The summed E-state index contributed by atoms with van der Waals surface area (Å²) in [5, 5.41) is -0.00730. The second-order valence-electron chi connectivity index (χ2n) is 4.03.